The number of rotatable bonds is 9. The number of halogens is 5. The SMILES string of the molecule is O=Cc1ccc(C(=O)NCCOCCC(=O)Oc2c(F)c(F)c(F)c(F)c2F)cc1. The molecule has 0 heterocycles. The van der Waals surface area contributed by atoms with Crippen LogP contribution in [-0.2, 0) is 9.53 Å². The van der Waals surface area contributed by atoms with Crippen LogP contribution >= 0.6 is 0 Å². The molecule has 160 valence electrons. The molecule has 0 saturated heterocycles. The third-order valence-electron chi connectivity index (χ3n) is 3.68. The van der Waals surface area contributed by atoms with Crippen molar-refractivity contribution in [3.63, 3.8) is 0 Å². The van der Waals surface area contributed by atoms with Crippen LogP contribution in [0.2, 0.25) is 0 Å². The molecule has 2 aromatic carbocycles. The van der Waals surface area contributed by atoms with Crippen LogP contribution in [0, 0.1) is 29.1 Å². The average molecular weight is 431 g/mol. The Hall–Kier alpha value is -3.34. The third-order valence-corrected chi connectivity index (χ3v) is 3.68. The number of benzene rings is 2. The van der Waals surface area contributed by atoms with Crippen LogP contribution in [0.1, 0.15) is 27.1 Å². The van der Waals surface area contributed by atoms with Crippen molar-refractivity contribution in [3.8, 4) is 5.75 Å². The zero-order valence-corrected chi connectivity index (χ0v) is 15.1. The second kappa shape index (κ2) is 10.4. The van der Waals surface area contributed by atoms with Crippen molar-refractivity contribution in [3.05, 3.63) is 64.5 Å². The number of hydrogen-bond acceptors (Lipinski definition) is 5. The summed E-state index contributed by atoms with van der Waals surface area (Å²) in [5, 5.41) is 2.51. The minimum absolute atomic E-state index is 0.0338. The van der Waals surface area contributed by atoms with Crippen molar-refractivity contribution < 1.29 is 45.8 Å². The standard InChI is InChI=1S/C19H14F5NO5/c20-13-14(21)16(23)18(17(24)15(13)22)30-12(27)5-7-29-8-6-25-19(28)11-3-1-10(9-26)2-4-11/h1-4,9H,5-8H2,(H,25,28). The van der Waals surface area contributed by atoms with Crippen LogP contribution in [-0.4, -0.2) is 37.9 Å². The van der Waals surface area contributed by atoms with Gasteiger partial charge in [0, 0.05) is 17.7 Å². The zero-order chi connectivity index (χ0) is 22.3. The fourth-order valence-corrected chi connectivity index (χ4v) is 2.15. The predicted octanol–water partition coefficient (Wildman–Crippen LogP) is 2.94. The first-order valence-electron chi connectivity index (χ1n) is 8.39. The predicted molar refractivity (Wildman–Crippen MR) is 91.5 cm³/mol. The molecule has 0 spiro atoms. The van der Waals surface area contributed by atoms with Crippen molar-refractivity contribution in [1.82, 2.24) is 5.32 Å². The van der Waals surface area contributed by atoms with Gasteiger partial charge in [-0.05, 0) is 12.1 Å². The van der Waals surface area contributed by atoms with Crippen LogP contribution in [0.15, 0.2) is 24.3 Å². The van der Waals surface area contributed by atoms with Crippen molar-refractivity contribution in [2.75, 3.05) is 19.8 Å². The van der Waals surface area contributed by atoms with Crippen molar-refractivity contribution >= 4 is 18.2 Å². The summed E-state index contributed by atoms with van der Waals surface area (Å²) < 4.78 is 75.1. The molecular weight excluding hydrogens is 417 g/mol. The van der Waals surface area contributed by atoms with E-state index in [1.54, 1.807) is 0 Å². The maximum atomic E-state index is 13.4. The summed E-state index contributed by atoms with van der Waals surface area (Å²) >= 11 is 0. The van der Waals surface area contributed by atoms with E-state index in [1.807, 2.05) is 0 Å². The van der Waals surface area contributed by atoms with E-state index in [0.29, 0.717) is 17.4 Å². The molecule has 0 saturated carbocycles. The smallest absolute Gasteiger partial charge is 0.313 e. The Labute approximate surface area is 166 Å². The molecule has 2 aromatic rings. The van der Waals surface area contributed by atoms with E-state index in [2.05, 4.69) is 10.1 Å². The Balaban J connectivity index is 1.73. The van der Waals surface area contributed by atoms with E-state index in [0.717, 1.165) is 0 Å². The van der Waals surface area contributed by atoms with Gasteiger partial charge in [0.25, 0.3) is 5.91 Å². The lowest BCUT2D eigenvalue weighted by atomic mass is 10.1. The van der Waals surface area contributed by atoms with Crippen LogP contribution in [0.4, 0.5) is 22.0 Å². The van der Waals surface area contributed by atoms with Crippen molar-refractivity contribution in [1.29, 1.82) is 0 Å². The normalized spacial score (nSPS) is 10.6. The summed E-state index contributed by atoms with van der Waals surface area (Å²) in [7, 11) is 0. The summed E-state index contributed by atoms with van der Waals surface area (Å²) in [5.41, 5.74) is 0.722. The fourth-order valence-electron chi connectivity index (χ4n) is 2.15. The molecule has 2 rings (SSSR count). The first kappa shape index (κ1) is 22.9. The maximum absolute atomic E-state index is 13.4. The minimum Gasteiger partial charge on any atom is -0.420 e. The number of amides is 1. The van der Waals surface area contributed by atoms with Gasteiger partial charge in [0.15, 0.2) is 0 Å². The van der Waals surface area contributed by atoms with Gasteiger partial charge in [0.1, 0.15) is 6.29 Å². The van der Waals surface area contributed by atoms with Gasteiger partial charge in [-0.15, -0.1) is 0 Å². The molecule has 1 amide bonds. The first-order valence-corrected chi connectivity index (χ1v) is 8.39. The number of carbonyl (C=O) groups excluding carboxylic acids is 3. The van der Waals surface area contributed by atoms with Crippen molar-refractivity contribution in [2.45, 2.75) is 6.42 Å². The maximum Gasteiger partial charge on any atom is 0.313 e. The van der Waals surface area contributed by atoms with Gasteiger partial charge < -0.3 is 14.8 Å². The quantitative estimate of drug-likeness (QED) is 0.126. The number of nitrogens with one attached hydrogen (secondary N) is 1. The van der Waals surface area contributed by atoms with Crippen LogP contribution in [0.25, 0.3) is 0 Å². The molecule has 0 fully saturated rings. The number of esters is 1. The van der Waals surface area contributed by atoms with Crippen LogP contribution in [0.3, 0.4) is 0 Å². The Morgan fingerprint density at radius 2 is 1.43 bits per heavy atom. The van der Waals surface area contributed by atoms with Gasteiger partial charge in [0.05, 0.1) is 19.6 Å². The van der Waals surface area contributed by atoms with Gasteiger partial charge in [-0.2, -0.15) is 8.78 Å². The Morgan fingerprint density at radius 3 is 2.00 bits per heavy atom. The second-order valence-corrected chi connectivity index (χ2v) is 5.73. The van der Waals surface area contributed by atoms with Crippen LogP contribution < -0.4 is 10.1 Å². The monoisotopic (exact) mass is 431 g/mol. The van der Waals surface area contributed by atoms with Gasteiger partial charge in [0.2, 0.25) is 34.8 Å². The van der Waals surface area contributed by atoms with Gasteiger partial charge in [-0.1, -0.05) is 12.1 Å². The number of carbonyl (C=O) groups is 3. The third kappa shape index (κ3) is 5.60. The molecule has 1 N–H and O–H groups in total. The largest absolute Gasteiger partial charge is 0.420 e. The number of ether oxygens (including phenoxy) is 2. The van der Waals surface area contributed by atoms with Gasteiger partial charge in [-0.25, -0.2) is 13.2 Å². The fraction of sp³-hybridized carbons (Fsp3) is 0.211. The summed E-state index contributed by atoms with van der Waals surface area (Å²) in [6, 6.07) is 5.84. The Morgan fingerprint density at radius 1 is 0.867 bits per heavy atom. The topological polar surface area (TPSA) is 81.7 Å². The highest BCUT2D eigenvalue weighted by molar-refractivity contribution is 5.94. The lowest BCUT2D eigenvalue weighted by molar-refractivity contribution is -0.136. The molecule has 0 aliphatic carbocycles. The summed E-state index contributed by atoms with van der Waals surface area (Å²) in [5.74, 6) is -14.7. The summed E-state index contributed by atoms with van der Waals surface area (Å²) in [6.07, 6.45) is 0.0902. The molecule has 6 nitrogen and oxygen atoms in total. The van der Waals surface area contributed by atoms with E-state index in [9.17, 15) is 36.3 Å². The minimum atomic E-state index is -2.37. The Bertz CT molecular complexity index is 920. The molecule has 11 heteroatoms. The highest BCUT2D eigenvalue weighted by Crippen LogP contribution is 2.29. The van der Waals surface area contributed by atoms with E-state index in [1.165, 1.54) is 24.3 Å². The molecule has 0 bridgehead atoms. The van der Waals surface area contributed by atoms with E-state index >= 15 is 0 Å². The molecule has 0 unspecified atom stereocenters. The highest BCUT2D eigenvalue weighted by Gasteiger charge is 2.28. The molecule has 0 aromatic heterocycles. The first-order chi connectivity index (χ1) is 14.3. The van der Waals surface area contributed by atoms with Crippen LogP contribution in [0.5, 0.6) is 5.75 Å². The Kier molecular flexibility index (Phi) is 7.98. The molecule has 0 aliphatic heterocycles. The lowest BCUT2D eigenvalue weighted by Crippen LogP contribution is -2.27. The highest BCUT2D eigenvalue weighted by atomic mass is 19.2. The molecule has 0 aliphatic rings. The molecule has 0 atom stereocenters. The second-order valence-electron chi connectivity index (χ2n) is 5.73. The van der Waals surface area contributed by atoms with Gasteiger partial charge >= 0.3 is 5.97 Å². The molecule has 30 heavy (non-hydrogen) atoms. The van der Waals surface area contributed by atoms with E-state index < -0.39 is 53.1 Å². The molecular formula is C19H14F5NO5. The number of hydrogen-bond donors (Lipinski definition) is 1. The summed E-state index contributed by atoms with van der Waals surface area (Å²) in [6.45, 7) is -0.271. The molecule has 0 radical (unpaired) electrons. The van der Waals surface area contributed by atoms with Gasteiger partial charge in [-0.3, -0.25) is 14.4 Å². The van der Waals surface area contributed by atoms with E-state index in [-0.39, 0.29) is 19.8 Å². The lowest BCUT2D eigenvalue weighted by Gasteiger charge is -2.09. The van der Waals surface area contributed by atoms with Crippen molar-refractivity contribution in [2.24, 2.45) is 0 Å². The average Bonchev–Trinajstić information content (AvgIpc) is 2.76. The number of aldehydes is 1. The van der Waals surface area contributed by atoms with E-state index in [4.69, 9.17) is 4.74 Å². The zero-order valence-electron chi connectivity index (χ0n) is 15.1. The summed E-state index contributed by atoms with van der Waals surface area (Å²) in [4.78, 5) is 33.9.